The minimum atomic E-state index is -1.27. The highest BCUT2D eigenvalue weighted by Crippen LogP contribution is 2.21. The number of amides is 1. The summed E-state index contributed by atoms with van der Waals surface area (Å²) >= 11 is 0. The first-order chi connectivity index (χ1) is 11.8. The van der Waals surface area contributed by atoms with Crippen molar-refractivity contribution in [2.45, 2.75) is 13.0 Å². The topological polar surface area (TPSA) is 125 Å². The Kier molecular flexibility index (Phi) is 5.28. The Morgan fingerprint density at radius 1 is 1.28 bits per heavy atom. The lowest BCUT2D eigenvalue weighted by Gasteiger charge is -2.14. The standard InChI is InChI=1S/C16H14FN3O5/c1-9(15(21)19-14-5-3-2-4-12(14)17)25-16(22)11-8-10(20(23)24)6-7-13(11)18/h2-9H,18H2,1H3,(H,19,21)/t9-/m1/s1. The number of halogens is 1. The smallest absolute Gasteiger partial charge is 0.341 e. The van der Waals surface area contributed by atoms with E-state index in [0.717, 1.165) is 18.2 Å². The van der Waals surface area contributed by atoms with E-state index < -0.39 is 28.7 Å². The Morgan fingerprint density at radius 3 is 2.60 bits per heavy atom. The first-order valence-corrected chi connectivity index (χ1v) is 7.10. The number of anilines is 2. The third-order valence-electron chi connectivity index (χ3n) is 3.25. The molecule has 0 aliphatic heterocycles. The lowest BCUT2D eigenvalue weighted by atomic mass is 10.1. The van der Waals surface area contributed by atoms with Gasteiger partial charge in [0.25, 0.3) is 11.6 Å². The number of nitro groups is 1. The van der Waals surface area contributed by atoms with Gasteiger partial charge in [0, 0.05) is 17.8 Å². The molecule has 2 rings (SSSR count). The van der Waals surface area contributed by atoms with Crippen molar-refractivity contribution >= 4 is 28.9 Å². The van der Waals surface area contributed by atoms with Gasteiger partial charge < -0.3 is 15.8 Å². The number of para-hydroxylation sites is 1. The van der Waals surface area contributed by atoms with Crippen molar-refractivity contribution in [3.05, 3.63) is 64.0 Å². The number of nitrogens with two attached hydrogens (primary N) is 1. The van der Waals surface area contributed by atoms with Gasteiger partial charge in [-0.25, -0.2) is 9.18 Å². The maximum absolute atomic E-state index is 13.5. The maximum atomic E-state index is 13.5. The van der Waals surface area contributed by atoms with Crippen molar-refractivity contribution in [3.63, 3.8) is 0 Å². The molecule has 0 radical (unpaired) electrons. The first kappa shape index (κ1) is 17.9. The van der Waals surface area contributed by atoms with Gasteiger partial charge in [0.15, 0.2) is 6.10 Å². The van der Waals surface area contributed by atoms with Gasteiger partial charge in [-0.2, -0.15) is 0 Å². The van der Waals surface area contributed by atoms with Crippen LogP contribution in [0.2, 0.25) is 0 Å². The molecule has 0 spiro atoms. The van der Waals surface area contributed by atoms with E-state index >= 15 is 0 Å². The number of hydrogen-bond acceptors (Lipinski definition) is 6. The summed E-state index contributed by atoms with van der Waals surface area (Å²) in [7, 11) is 0. The molecule has 130 valence electrons. The van der Waals surface area contributed by atoms with Gasteiger partial charge in [-0.15, -0.1) is 0 Å². The van der Waals surface area contributed by atoms with Crippen LogP contribution in [0.15, 0.2) is 42.5 Å². The Balaban J connectivity index is 2.09. The largest absolute Gasteiger partial charge is 0.449 e. The number of non-ortho nitro benzene ring substituents is 1. The Hall–Kier alpha value is -3.49. The highest BCUT2D eigenvalue weighted by Gasteiger charge is 2.23. The number of ether oxygens (including phenoxy) is 1. The van der Waals surface area contributed by atoms with Crippen molar-refractivity contribution in [2.75, 3.05) is 11.1 Å². The Labute approximate surface area is 141 Å². The third kappa shape index (κ3) is 4.28. The van der Waals surface area contributed by atoms with E-state index in [1.165, 1.54) is 31.2 Å². The van der Waals surface area contributed by atoms with Crippen LogP contribution in [0.25, 0.3) is 0 Å². The van der Waals surface area contributed by atoms with E-state index in [-0.39, 0.29) is 22.6 Å². The molecule has 3 N–H and O–H groups in total. The predicted octanol–water partition coefficient (Wildman–Crippen LogP) is 2.50. The van der Waals surface area contributed by atoms with E-state index in [1.54, 1.807) is 0 Å². The molecule has 0 fully saturated rings. The Morgan fingerprint density at radius 2 is 1.96 bits per heavy atom. The summed E-state index contributed by atoms with van der Waals surface area (Å²) in [4.78, 5) is 34.2. The minimum absolute atomic E-state index is 0.0303. The van der Waals surface area contributed by atoms with Crippen molar-refractivity contribution < 1.29 is 23.6 Å². The first-order valence-electron chi connectivity index (χ1n) is 7.10. The number of nitrogens with zero attached hydrogens (tertiary/aromatic N) is 1. The minimum Gasteiger partial charge on any atom is -0.449 e. The molecule has 1 amide bonds. The van der Waals surface area contributed by atoms with Gasteiger partial charge in [-0.1, -0.05) is 12.1 Å². The van der Waals surface area contributed by atoms with Crippen LogP contribution in [0.5, 0.6) is 0 Å². The highest BCUT2D eigenvalue weighted by molar-refractivity contribution is 5.99. The van der Waals surface area contributed by atoms with E-state index in [2.05, 4.69) is 5.32 Å². The normalized spacial score (nSPS) is 11.4. The lowest BCUT2D eigenvalue weighted by Crippen LogP contribution is -2.30. The van der Waals surface area contributed by atoms with Gasteiger partial charge in [0.1, 0.15) is 5.82 Å². The molecule has 0 unspecified atom stereocenters. The van der Waals surface area contributed by atoms with Gasteiger partial charge >= 0.3 is 5.97 Å². The van der Waals surface area contributed by atoms with Crippen molar-refractivity contribution in [1.82, 2.24) is 0 Å². The summed E-state index contributed by atoms with van der Waals surface area (Å²) < 4.78 is 18.5. The summed E-state index contributed by atoms with van der Waals surface area (Å²) in [5.41, 5.74) is 4.94. The van der Waals surface area contributed by atoms with Crippen LogP contribution in [0.4, 0.5) is 21.5 Å². The molecule has 8 nitrogen and oxygen atoms in total. The second-order valence-electron chi connectivity index (χ2n) is 5.05. The third-order valence-corrected chi connectivity index (χ3v) is 3.25. The van der Waals surface area contributed by atoms with Crippen molar-refractivity contribution in [3.8, 4) is 0 Å². The zero-order valence-electron chi connectivity index (χ0n) is 13.1. The van der Waals surface area contributed by atoms with E-state index in [4.69, 9.17) is 10.5 Å². The molecular formula is C16H14FN3O5. The molecule has 25 heavy (non-hydrogen) atoms. The summed E-state index contributed by atoms with van der Waals surface area (Å²) in [6, 6.07) is 8.79. The Bertz CT molecular complexity index is 840. The van der Waals surface area contributed by atoms with E-state index in [0.29, 0.717) is 0 Å². The predicted molar refractivity (Wildman–Crippen MR) is 87.4 cm³/mol. The SMILES string of the molecule is C[C@@H](OC(=O)c1cc([N+](=O)[O-])ccc1N)C(=O)Nc1ccccc1F. The summed E-state index contributed by atoms with van der Waals surface area (Å²) in [6.45, 7) is 1.28. The zero-order chi connectivity index (χ0) is 18.6. The number of carbonyl (C=O) groups is 2. The molecule has 9 heteroatoms. The number of nitro benzene ring substituents is 1. The summed E-state index contributed by atoms with van der Waals surface area (Å²) in [5, 5.41) is 13.0. The van der Waals surface area contributed by atoms with E-state index in [1.807, 2.05) is 0 Å². The summed E-state index contributed by atoms with van der Waals surface area (Å²) in [6.07, 6.45) is -1.27. The molecule has 2 aromatic rings. The van der Waals surface area contributed by atoms with Gasteiger partial charge in [0.2, 0.25) is 0 Å². The number of benzene rings is 2. The summed E-state index contributed by atoms with van der Waals surface area (Å²) in [5.74, 6) is -2.41. The average Bonchev–Trinajstić information content (AvgIpc) is 2.56. The number of carbonyl (C=O) groups excluding carboxylic acids is 2. The van der Waals surface area contributed by atoms with Crippen LogP contribution in [0.1, 0.15) is 17.3 Å². The monoisotopic (exact) mass is 347 g/mol. The maximum Gasteiger partial charge on any atom is 0.341 e. The van der Waals surface area contributed by atoms with Crippen LogP contribution in [0, 0.1) is 15.9 Å². The fourth-order valence-electron chi connectivity index (χ4n) is 1.91. The molecule has 0 saturated carbocycles. The number of nitrogen functional groups attached to an aromatic ring is 1. The van der Waals surface area contributed by atoms with Crippen LogP contribution in [-0.2, 0) is 9.53 Å². The van der Waals surface area contributed by atoms with Gasteiger partial charge in [0.05, 0.1) is 16.2 Å². The quantitative estimate of drug-likeness (QED) is 0.370. The zero-order valence-corrected chi connectivity index (χ0v) is 13.1. The van der Waals surface area contributed by atoms with Crippen molar-refractivity contribution in [1.29, 1.82) is 0 Å². The molecule has 0 saturated heterocycles. The molecule has 0 bridgehead atoms. The van der Waals surface area contributed by atoms with Crippen molar-refractivity contribution in [2.24, 2.45) is 0 Å². The molecule has 1 atom stereocenters. The van der Waals surface area contributed by atoms with Crippen LogP contribution >= 0.6 is 0 Å². The molecule has 0 heterocycles. The van der Waals surface area contributed by atoms with E-state index in [9.17, 15) is 24.1 Å². The van der Waals surface area contributed by atoms with Gasteiger partial charge in [-0.05, 0) is 25.1 Å². The second-order valence-corrected chi connectivity index (χ2v) is 5.05. The lowest BCUT2D eigenvalue weighted by molar-refractivity contribution is -0.384. The molecule has 0 aromatic heterocycles. The highest BCUT2D eigenvalue weighted by atomic mass is 19.1. The number of nitrogens with one attached hydrogen (secondary N) is 1. The molecule has 0 aliphatic carbocycles. The average molecular weight is 347 g/mol. The molecule has 0 aliphatic rings. The number of hydrogen-bond donors (Lipinski definition) is 2. The number of rotatable bonds is 5. The molecule has 2 aromatic carbocycles. The number of esters is 1. The fourth-order valence-corrected chi connectivity index (χ4v) is 1.91. The fraction of sp³-hybridized carbons (Fsp3) is 0.125. The van der Waals surface area contributed by atoms with Crippen LogP contribution in [-0.4, -0.2) is 22.9 Å². The second kappa shape index (κ2) is 7.39. The molecular weight excluding hydrogens is 333 g/mol. The van der Waals surface area contributed by atoms with Gasteiger partial charge in [-0.3, -0.25) is 14.9 Å². The van der Waals surface area contributed by atoms with Crippen LogP contribution in [0.3, 0.4) is 0 Å². The van der Waals surface area contributed by atoms with Crippen LogP contribution < -0.4 is 11.1 Å².